The molecule has 0 spiro atoms. The van der Waals surface area contributed by atoms with E-state index < -0.39 is 0 Å². The lowest BCUT2D eigenvalue weighted by atomic mass is 10.0. The van der Waals surface area contributed by atoms with Crippen molar-refractivity contribution in [2.75, 3.05) is 7.11 Å². The summed E-state index contributed by atoms with van der Waals surface area (Å²) in [5, 5.41) is 0. The van der Waals surface area contributed by atoms with Gasteiger partial charge in [0, 0.05) is 6.04 Å². The molecule has 2 N–H and O–H groups in total. The average Bonchev–Trinajstić information content (AvgIpc) is 3.37. The number of ether oxygens (including phenoxy) is 2. The van der Waals surface area contributed by atoms with Crippen LogP contribution in [0.1, 0.15) is 36.4 Å². The van der Waals surface area contributed by atoms with Crippen LogP contribution in [-0.2, 0) is 6.61 Å². The zero-order chi connectivity index (χ0) is 15.4. The maximum Gasteiger partial charge on any atom is 0.161 e. The maximum atomic E-state index is 6.28. The summed E-state index contributed by atoms with van der Waals surface area (Å²) in [5.41, 5.74) is 8.54. The molecule has 1 saturated carbocycles. The first-order valence-corrected chi connectivity index (χ1v) is 7.86. The molecular weight excluding hydrogens is 274 g/mol. The minimum atomic E-state index is 0.0876. The molecule has 116 valence electrons. The summed E-state index contributed by atoms with van der Waals surface area (Å²) in [5.74, 6) is 2.32. The van der Waals surface area contributed by atoms with Gasteiger partial charge in [0.25, 0.3) is 0 Å². The van der Waals surface area contributed by atoms with Gasteiger partial charge < -0.3 is 15.2 Å². The van der Waals surface area contributed by atoms with E-state index in [4.69, 9.17) is 15.2 Å². The summed E-state index contributed by atoms with van der Waals surface area (Å²) in [6, 6.07) is 16.2. The average molecular weight is 297 g/mol. The lowest BCUT2D eigenvalue weighted by Gasteiger charge is -2.16. The Labute approximate surface area is 132 Å². The van der Waals surface area contributed by atoms with Gasteiger partial charge in [-0.25, -0.2) is 0 Å². The summed E-state index contributed by atoms with van der Waals surface area (Å²) >= 11 is 0. The van der Waals surface area contributed by atoms with Gasteiger partial charge in [-0.3, -0.25) is 0 Å². The van der Waals surface area contributed by atoms with Gasteiger partial charge in [-0.05, 0) is 35.6 Å². The summed E-state index contributed by atoms with van der Waals surface area (Å²) in [7, 11) is 1.67. The van der Waals surface area contributed by atoms with E-state index in [1.807, 2.05) is 42.5 Å². The third-order valence-electron chi connectivity index (χ3n) is 4.14. The van der Waals surface area contributed by atoms with Crippen LogP contribution in [0.4, 0.5) is 0 Å². The molecule has 22 heavy (non-hydrogen) atoms. The molecule has 3 nitrogen and oxygen atoms in total. The van der Waals surface area contributed by atoms with Crippen LogP contribution in [0.5, 0.6) is 11.5 Å². The van der Waals surface area contributed by atoms with Crippen LogP contribution in [0.25, 0.3) is 0 Å². The van der Waals surface area contributed by atoms with E-state index in [1.165, 1.54) is 12.8 Å². The molecule has 0 heterocycles. The highest BCUT2D eigenvalue weighted by Gasteiger charge is 2.24. The molecule has 0 aliphatic heterocycles. The van der Waals surface area contributed by atoms with E-state index >= 15 is 0 Å². The lowest BCUT2D eigenvalue weighted by molar-refractivity contribution is 0.284. The van der Waals surface area contributed by atoms with Gasteiger partial charge in [0.1, 0.15) is 6.61 Å². The summed E-state index contributed by atoms with van der Waals surface area (Å²) in [6.07, 6.45) is 3.71. The second-order valence-electron chi connectivity index (χ2n) is 5.97. The third-order valence-corrected chi connectivity index (χ3v) is 4.14. The van der Waals surface area contributed by atoms with Crippen LogP contribution in [0.15, 0.2) is 48.5 Å². The summed E-state index contributed by atoms with van der Waals surface area (Å²) < 4.78 is 11.3. The van der Waals surface area contributed by atoms with Crippen LogP contribution in [0.2, 0.25) is 0 Å². The highest BCUT2D eigenvalue weighted by atomic mass is 16.5. The number of hydrogen-bond donors (Lipinski definition) is 1. The van der Waals surface area contributed by atoms with Crippen molar-refractivity contribution in [1.29, 1.82) is 0 Å². The van der Waals surface area contributed by atoms with Gasteiger partial charge in [0.2, 0.25) is 0 Å². The fourth-order valence-electron chi connectivity index (χ4n) is 2.62. The molecule has 0 amide bonds. The van der Waals surface area contributed by atoms with Crippen molar-refractivity contribution in [2.45, 2.75) is 31.9 Å². The largest absolute Gasteiger partial charge is 0.493 e. The van der Waals surface area contributed by atoms with Crippen LogP contribution < -0.4 is 15.2 Å². The lowest BCUT2D eigenvalue weighted by Crippen LogP contribution is -2.11. The molecule has 3 heteroatoms. The minimum absolute atomic E-state index is 0.0876. The predicted octanol–water partition coefficient (Wildman–Crippen LogP) is 4.07. The first-order valence-electron chi connectivity index (χ1n) is 7.86. The van der Waals surface area contributed by atoms with Crippen molar-refractivity contribution >= 4 is 0 Å². The maximum absolute atomic E-state index is 6.28. The number of hydrogen-bond acceptors (Lipinski definition) is 3. The van der Waals surface area contributed by atoms with Gasteiger partial charge in [0.15, 0.2) is 11.5 Å². The van der Waals surface area contributed by atoms with Gasteiger partial charge in [-0.1, -0.05) is 49.2 Å². The molecular formula is C19H23NO2. The van der Waals surface area contributed by atoms with Gasteiger partial charge in [-0.15, -0.1) is 0 Å². The first-order chi connectivity index (χ1) is 10.8. The Balaban J connectivity index is 1.68. The van der Waals surface area contributed by atoms with Crippen LogP contribution >= 0.6 is 0 Å². The van der Waals surface area contributed by atoms with Crippen molar-refractivity contribution in [2.24, 2.45) is 11.7 Å². The Morgan fingerprint density at radius 3 is 2.55 bits per heavy atom. The highest BCUT2D eigenvalue weighted by Crippen LogP contribution is 2.38. The molecule has 0 saturated heterocycles. The number of rotatable bonds is 7. The van der Waals surface area contributed by atoms with Crippen LogP contribution in [0.3, 0.4) is 0 Å². The Bertz CT molecular complexity index is 608. The normalized spacial score (nSPS) is 15.4. The second-order valence-corrected chi connectivity index (χ2v) is 5.97. The van der Waals surface area contributed by atoms with E-state index in [0.717, 1.165) is 35.0 Å². The number of methoxy groups -OCH3 is 1. The number of benzene rings is 2. The molecule has 1 atom stereocenters. The highest BCUT2D eigenvalue weighted by molar-refractivity contribution is 5.44. The number of nitrogens with two attached hydrogens (primary N) is 1. The van der Waals surface area contributed by atoms with Gasteiger partial charge in [0.05, 0.1) is 7.11 Å². The Morgan fingerprint density at radius 1 is 1.09 bits per heavy atom. The Morgan fingerprint density at radius 2 is 1.86 bits per heavy atom. The molecule has 1 aliphatic rings. The molecule has 0 aromatic heterocycles. The van der Waals surface area contributed by atoms with Crippen molar-refractivity contribution in [3.05, 3.63) is 59.7 Å². The van der Waals surface area contributed by atoms with E-state index in [-0.39, 0.29) is 6.04 Å². The third kappa shape index (κ3) is 3.80. The standard InChI is InChI=1S/C19H23NO2/c1-21-19-12-16(17(20)11-14-7-8-14)9-10-18(19)22-13-15-5-3-2-4-6-15/h2-6,9-10,12,14,17H,7-8,11,13,20H2,1H3/t17-/m1/s1. The molecule has 0 bridgehead atoms. The predicted molar refractivity (Wildman–Crippen MR) is 88.0 cm³/mol. The first kappa shape index (κ1) is 14.9. The summed E-state index contributed by atoms with van der Waals surface area (Å²) in [4.78, 5) is 0. The van der Waals surface area contributed by atoms with E-state index in [0.29, 0.717) is 6.61 Å². The fraction of sp³-hybridized carbons (Fsp3) is 0.368. The summed E-state index contributed by atoms with van der Waals surface area (Å²) in [6.45, 7) is 0.532. The van der Waals surface area contributed by atoms with E-state index in [2.05, 4.69) is 6.07 Å². The Kier molecular flexibility index (Phi) is 4.64. The molecule has 0 unspecified atom stereocenters. The van der Waals surface area contributed by atoms with Crippen LogP contribution in [-0.4, -0.2) is 7.11 Å². The van der Waals surface area contributed by atoms with Crippen molar-refractivity contribution < 1.29 is 9.47 Å². The molecule has 0 radical (unpaired) electrons. The smallest absolute Gasteiger partial charge is 0.161 e. The topological polar surface area (TPSA) is 44.5 Å². The zero-order valence-electron chi connectivity index (χ0n) is 13.0. The second kappa shape index (κ2) is 6.84. The molecule has 2 aromatic carbocycles. The minimum Gasteiger partial charge on any atom is -0.493 e. The molecule has 1 aliphatic carbocycles. The van der Waals surface area contributed by atoms with Gasteiger partial charge >= 0.3 is 0 Å². The van der Waals surface area contributed by atoms with E-state index in [1.54, 1.807) is 7.11 Å². The molecule has 1 fully saturated rings. The van der Waals surface area contributed by atoms with E-state index in [9.17, 15) is 0 Å². The van der Waals surface area contributed by atoms with Crippen molar-refractivity contribution in [3.63, 3.8) is 0 Å². The van der Waals surface area contributed by atoms with Crippen molar-refractivity contribution in [3.8, 4) is 11.5 Å². The monoisotopic (exact) mass is 297 g/mol. The van der Waals surface area contributed by atoms with Crippen molar-refractivity contribution in [1.82, 2.24) is 0 Å². The zero-order valence-corrected chi connectivity index (χ0v) is 13.0. The van der Waals surface area contributed by atoms with Gasteiger partial charge in [-0.2, -0.15) is 0 Å². The Hall–Kier alpha value is -2.00. The molecule has 3 rings (SSSR count). The fourth-order valence-corrected chi connectivity index (χ4v) is 2.62. The van der Waals surface area contributed by atoms with Crippen LogP contribution in [0, 0.1) is 5.92 Å². The molecule has 2 aromatic rings. The SMILES string of the molecule is COc1cc([C@H](N)CC2CC2)ccc1OCc1ccccc1. The quantitative estimate of drug-likeness (QED) is 0.837.